The van der Waals surface area contributed by atoms with Crippen LogP contribution in [0.2, 0.25) is 0 Å². The molecule has 4 rings (SSSR count). The summed E-state index contributed by atoms with van der Waals surface area (Å²) in [4.78, 5) is 25.6. The van der Waals surface area contributed by atoms with Crippen LogP contribution >= 0.6 is 0 Å². The van der Waals surface area contributed by atoms with Gasteiger partial charge in [0.15, 0.2) is 0 Å². The van der Waals surface area contributed by atoms with Gasteiger partial charge in [-0.2, -0.15) is 17.9 Å². The summed E-state index contributed by atoms with van der Waals surface area (Å²) in [5, 5.41) is 15.9. The molecule has 1 fully saturated rings. The van der Waals surface area contributed by atoms with E-state index in [1.54, 1.807) is 17.0 Å². The van der Waals surface area contributed by atoms with E-state index in [4.69, 9.17) is 4.74 Å². The van der Waals surface area contributed by atoms with Crippen LogP contribution in [-0.2, 0) is 22.3 Å². The van der Waals surface area contributed by atoms with Crippen LogP contribution in [0.15, 0.2) is 48.5 Å². The van der Waals surface area contributed by atoms with Crippen molar-refractivity contribution in [2.45, 2.75) is 38.0 Å². The Morgan fingerprint density at radius 1 is 1.16 bits per heavy atom. The number of nitrogens with one attached hydrogen (secondary N) is 2. The standard InChI is InChI=1S/C25H28F3N7O3/c1-16(36)29-14-23(37)34-11-10-21(20(15-34)17-6-4-3-5-7-17)30-13-18-12-19(8-9-22(18)38-2)35-24(25(26,27)28)31-32-33-35/h3-9,12,20-21,30H,10-11,13-15H2,1-2H3,(H,29,36)/t20-,21+/m0/s1. The Balaban J connectivity index is 1.54. The number of amides is 2. The van der Waals surface area contributed by atoms with E-state index < -0.39 is 12.0 Å². The minimum absolute atomic E-state index is 0.0330. The topological polar surface area (TPSA) is 114 Å². The van der Waals surface area contributed by atoms with E-state index >= 15 is 0 Å². The van der Waals surface area contributed by atoms with Crippen molar-refractivity contribution in [1.29, 1.82) is 0 Å². The van der Waals surface area contributed by atoms with Gasteiger partial charge in [-0.1, -0.05) is 30.3 Å². The van der Waals surface area contributed by atoms with Crippen molar-refractivity contribution in [3.8, 4) is 11.4 Å². The number of halogens is 3. The maximum absolute atomic E-state index is 13.3. The maximum Gasteiger partial charge on any atom is 0.453 e. The molecule has 0 aliphatic carbocycles. The third kappa shape index (κ3) is 6.28. The van der Waals surface area contributed by atoms with E-state index in [0.29, 0.717) is 42.0 Å². The van der Waals surface area contributed by atoms with E-state index in [9.17, 15) is 22.8 Å². The Morgan fingerprint density at radius 2 is 1.92 bits per heavy atom. The summed E-state index contributed by atoms with van der Waals surface area (Å²) in [6, 6.07) is 14.3. The molecule has 1 aliphatic rings. The third-order valence-corrected chi connectivity index (χ3v) is 6.47. The summed E-state index contributed by atoms with van der Waals surface area (Å²) >= 11 is 0. The molecule has 0 spiro atoms. The largest absolute Gasteiger partial charge is 0.496 e. The molecule has 0 saturated carbocycles. The molecule has 2 heterocycles. The van der Waals surface area contributed by atoms with Crippen LogP contribution in [0.3, 0.4) is 0 Å². The molecule has 1 saturated heterocycles. The summed E-state index contributed by atoms with van der Waals surface area (Å²) in [6.07, 6.45) is -4.07. The number of ether oxygens (including phenoxy) is 1. The van der Waals surface area contributed by atoms with E-state index in [0.717, 1.165) is 5.56 Å². The lowest BCUT2D eigenvalue weighted by atomic mass is 9.85. The second kappa shape index (κ2) is 11.6. The number of alkyl halides is 3. The molecule has 38 heavy (non-hydrogen) atoms. The number of nitrogens with zero attached hydrogens (tertiary/aromatic N) is 5. The van der Waals surface area contributed by atoms with E-state index in [2.05, 4.69) is 26.2 Å². The quantitative estimate of drug-likeness (QED) is 0.459. The van der Waals surface area contributed by atoms with E-state index in [-0.39, 0.29) is 36.0 Å². The fraction of sp³-hybridized carbons (Fsp3) is 0.400. The number of aromatic nitrogens is 4. The third-order valence-electron chi connectivity index (χ3n) is 6.47. The number of hydrogen-bond donors (Lipinski definition) is 2. The van der Waals surface area contributed by atoms with Gasteiger partial charge in [-0.15, -0.1) is 5.10 Å². The van der Waals surface area contributed by atoms with Gasteiger partial charge in [-0.05, 0) is 40.6 Å². The van der Waals surface area contributed by atoms with Crippen molar-refractivity contribution < 1.29 is 27.5 Å². The van der Waals surface area contributed by atoms with Crippen molar-refractivity contribution in [1.82, 2.24) is 35.7 Å². The SMILES string of the molecule is COc1ccc(-n2nnnc2C(F)(F)F)cc1CN[C@@H]1CCN(C(=O)CNC(C)=O)C[C@H]1c1ccccc1. The smallest absolute Gasteiger partial charge is 0.453 e. The first-order valence-corrected chi connectivity index (χ1v) is 12.0. The average Bonchev–Trinajstić information content (AvgIpc) is 3.42. The molecule has 3 aromatic rings. The number of piperidine rings is 1. The highest BCUT2D eigenvalue weighted by Gasteiger charge is 2.38. The van der Waals surface area contributed by atoms with Crippen molar-refractivity contribution in [2.24, 2.45) is 0 Å². The number of rotatable bonds is 8. The Bertz CT molecular complexity index is 1270. The van der Waals surface area contributed by atoms with Crippen LogP contribution in [0.25, 0.3) is 5.69 Å². The Morgan fingerprint density at radius 3 is 2.61 bits per heavy atom. The summed E-state index contributed by atoms with van der Waals surface area (Å²) < 4.78 is 46.1. The van der Waals surface area contributed by atoms with Crippen molar-refractivity contribution in [2.75, 3.05) is 26.7 Å². The number of methoxy groups -OCH3 is 1. The van der Waals surface area contributed by atoms with Crippen LogP contribution in [0, 0.1) is 0 Å². The highest BCUT2D eigenvalue weighted by Crippen LogP contribution is 2.31. The Hall–Kier alpha value is -4.00. The molecule has 10 nitrogen and oxygen atoms in total. The van der Waals surface area contributed by atoms with Gasteiger partial charge in [0.2, 0.25) is 11.8 Å². The zero-order chi connectivity index (χ0) is 27.3. The molecule has 2 aromatic carbocycles. The lowest BCUT2D eigenvalue weighted by Crippen LogP contribution is -2.51. The van der Waals surface area contributed by atoms with E-state index in [1.807, 2.05) is 30.3 Å². The van der Waals surface area contributed by atoms with E-state index in [1.165, 1.54) is 20.1 Å². The van der Waals surface area contributed by atoms with Gasteiger partial charge in [0.25, 0.3) is 5.82 Å². The minimum atomic E-state index is -4.71. The number of hydrogen-bond acceptors (Lipinski definition) is 7. The summed E-state index contributed by atoms with van der Waals surface area (Å²) in [6.45, 7) is 2.56. The second-order valence-corrected chi connectivity index (χ2v) is 8.95. The fourth-order valence-corrected chi connectivity index (χ4v) is 4.59. The molecule has 1 aliphatic heterocycles. The highest BCUT2D eigenvalue weighted by atomic mass is 19.4. The fourth-order valence-electron chi connectivity index (χ4n) is 4.59. The highest BCUT2D eigenvalue weighted by molar-refractivity contribution is 5.83. The summed E-state index contributed by atoms with van der Waals surface area (Å²) in [7, 11) is 1.49. The van der Waals surface area contributed by atoms with Gasteiger partial charge in [0.1, 0.15) is 5.75 Å². The van der Waals surface area contributed by atoms with Crippen molar-refractivity contribution >= 4 is 11.8 Å². The van der Waals surface area contributed by atoms with Crippen LogP contribution in [-0.4, -0.2) is 69.7 Å². The van der Waals surface area contributed by atoms with Gasteiger partial charge in [-0.25, -0.2) is 0 Å². The predicted molar refractivity (Wildman–Crippen MR) is 130 cm³/mol. The normalized spacial score (nSPS) is 17.8. The first-order chi connectivity index (χ1) is 18.2. The molecule has 0 radical (unpaired) electrons. The average molecular weight is 532 g/mol. The molecular formula is C25H28F3N7O3. The van der Waals surface area contributed by atoms with Crippen LogP contribution < -0.4 is 15.4 Å². The maximum atomic E-state index is 13.3. The van der Waals surface area contributed by atoms with Crippen molar-refractivity contribution in [3.05, 3.63) is 65.5 Å². The number of benzene rings is 2. The lowest BCUT2D eigenvalue weighted by Gasteiger charge is -2.39. The van der Waals surface area contributed by atoms with Crippen LogP contribution in [0.1, 0.15) is 36.2 Å². The van der Waals surface area contributed by atoms with Gasteiger partial charge in [-0.3, -0.25) is 9.59 Å². The number of tetrazole rings is 1. The first kappa shape index (κ1) is 27.0. The minimum Gasteiger partial charge on any atom is -0.496 e. The molecule has 2 amide bonds. The Kier molecular flexibility index (Phi) is 8.25. The molecule has 0 unspecified atom stereocenters. The number of carbonyl (C=O) groups is 2. The van der Waals surface area contributed by atoms with Crippen LogP contribution in [0.5, 0.6) is 5.75 Å². The summed E-state index contributed by atoms with van der Waals surface area (Å²) in [5.41, 5.74) is 1.83. The lowest BCUT2D eigenvalue weighted by molar-refractivity contribution is -0.146. The molecule has 202 valence electrons. The van der Waals surface area contributed by atoms with Gasteiger partial charge >= 0.3 is 6.18 Å². The van der Waals surface area contributed by atoms with Gasteiger partial charge in [0, 0.05) is 44.1 Å². The predicted octanol–water partition coefficient (Wildman–Crippen LogP) is 2.30. The van der Waals surface area contributed by atoms with Gasteiger partial charge < -0.3 is 20.3 Å². The zero-order valence-electron chi connectivity index (χ0n) is 20.9. The second-order valence-electron chi connectivity index (χ2n) is 8.95. The number of likely N-dealkylation sites (tertiary alicyclic amines) is 1. The van der Waals surface area contributed by atoms with Crippen molar-refractivity contribution in [3.63, 3.8) is 0 Å². The molecule has 2 atom stereocenters. The number of carbonyl (C=O) groups excluding carboxylic acids is 2. The first-order valence-electron chi connectivity index (χ1n) is 12.0. The zero-order valence-corrected chi connectivity index (χ0v) is 20.9. The molecule has 2 N–H and O–H groups in total. The summed E-state index contributed by atoms with van der Waals surface area (Å²) in [5.74, 6) is -1.19. The Labute approximate surface area is 217 Å². The molecule has 13 heteroatoms. The van der Waals surface area contributed by atoms with Crippen LogP contribution in [0.4, 0.5) is 13.2 Å². The monoisotopic (exact) mass is 531 g/mol. The molecule has 1 aromatic heterocycles. The molecular weight excluding hydrogens is 503 g/mol. The van der Waals surface area contributed by atoms with Gasteiger partial charge in [0.05, 0.1) is 19.3 Å². The molecule has 0 bridgehead atoms.